The largest absolute Gasteiger partial charge is 0.354 e. The number of nitrogens with zero attached hydrogens (tertiary/aromatic N) is 3. The van der Waals surface area contributed by atoms with Crippen molar-refractivity contribution in [1.82, 2.24) is 10.2 Å². The van der Waals surface area contributed by atoms with E-state index in [1.54, 1.807) is 6.92 Å². The van der Waals surface area contributed by atoms with Gasteiger partial charge in [0, 0.05) is 25.2 Å². The van der Waals surface area contributed by atoms with Crippen LogP contribution in [-0.4, -0.2) is 55.4 Å². The molecule has 190 valence electrons. The Morgan fingerprint density at radius 1 is 1.09 bits per heavy atom. The number of sulfonamides is 1. The van der Waals surface area contributed by atoms with E-state index in [-0.39, 0.29) is 29.7 Å². The number of non-ortho nitro benzene ring substituents is 1. The second-order valence-corrected chi connectivity index (χ2v) is 10.5. The van der Waals surface area contributed by atoms with Gasteiger partial charge in [-0.1, -0.05) is 57.2 Å². The van der Waals surface area contributed by atoms with Crippen LogP contribution < -0.4 is 9.62 Å². The van der Waals surface area contributed by atoms with Crippen molar-refractivity contribution in [2.24, 2.45) is 5.92 Å². The molecule has 2 amide bonds. The zero-order chi connectivity index (χ0) is 26.2. The summed E-state index contributed by atoms with van der Waals surface area (Å²) < 4.78 is 26.0. The van der Waals surface area contributed by atoms with Crippen LogP contribution in [0, 0.1) is 16.0 Å². The molecular weight excluding hydrogens is 472 g/mol. The summed E-state index contributed by atoms with van der Waals surface area (Å²) in [5.41, 5.74) is 0.466. The normalized spacial score (nSPS) is 12.1. The van der Waals surface area contributed by atoms with Crippen LogP contribution in [0.1, 0.15) is 32.8 Å². The predicted octanol–water partition coefficient (Wildman–Crippen LogP) is 2.94. The van der Waals surface area contributed by atoms with Gasteiger partial charge in [0.15, 0.2) is 0 Å². The number of rotatable bonds is 12. The van der Waals surface area contributed by atoms with Gasteiger partial charge >= 0.3 is 0 Å². The van der Waals surface area contributed by atoms with Gasteiger partial charge in [0.2, 0.25) is 21.8 Å². The van der Waals surface area contributed by atoms with Crippen molar-refractivity contribution in [3.63, 3.8) is 0 Å². The van der Waals surface area contributed by atoms with Crippen LogP contribution >= 0.6 is 0 Å². The van der Waals surface area contributed by atoms with Crippen LogP contribution in [0.3, 0.4) is 0 Å². The minimum absolute atomic E-state index is 0.00739. The molecule has 0 fully saturated rings. The lowest BCUT2D eigenvalue weighted by Gasteiger charge is -2.33. The summed E-state index contributed by atoms with van der Waals surface area (Å²) in [5.74, 6) is -0.714. The number of amides is 2. The van der Waals surface area contributed by atoms with E-state index < -0.39 is 33.4 Å². The highest BCUT2D eigenvalue weighted by Crippen LogP contribution is 2.24. The molecule has 0 bridgehead atoms. The van der Waals surface area contributed by atoms with Gasteiger partial charge in [-0.15, -0.1) is 0 Å². The fraction of sp³-hybridized carbons (Fsp3) is 0.417. The lowest BCUT2D eigenvalue weighted by Crippen LogP contribution is -2.52. The number of carbonyl (C=O) groups is 2. The van der Waals surface area contributed by atoms with Crippen LogP contribution in [0.5, 0.6) is 0 Å². The number of hydrogen-bond donors (Lipinski definition) is 1. The highest BCUT2D eigenvalue weighted by atomic mass is 32.2. The van der Waals surface area contributed by atoms with Crippen LogP contribution in [0.4, 0.5) is 11.4 Å². The van der Waals surface area contributed by atoms with Crippen LogP contribution in [0.25, 0.3) is 0 Å². The first-order chi connectivity index (χ1) is 16.4. The maximum atomic E-state index is 13.5. The van der Waals surface area contributed by atoms with Crippen molar-refractivity contribution in [1.29, 1.82) is 0 Å². The SMILES string of the molecule is CC[C@@H](C(=O)NCC(C)C)N(Cc1ccccc1)C(=O)CN(c1cccc([N+](=O)[O-])c1)S(C)(=O)=O. The summed E-state index contributed by atoms with van der Waals surface area (Å²) in [5, 5.41) is 14.0. The van der Waals surface area contributed by atoms with E-state index >= 15 is 0 Å². The van der Waals surface area contributed by atoms with Crippen LogP contribution in [0.2, 0.25) is 0 Å². The first kappa shape index (κ1) is 27.8. The summed E-state index contributed by atoms with van der Waals surface area (Å²) in [6.45, 7) is 5.61. The third-order valence-electron chi connectivity index (χ3n) is 5.27. The first-order valence-corrected chi connectivity index (χ1v) is 13.1. The smallest absolute Gasteiger partial charge is 0.271 e. The van der Waals surface area contributed by atoms with Gasteiger partial charge in [0.25, 0.3) is 5.69 Å². The lowest BCUT2D eigenvalue weighted by molar-refractivity contribution is -0.384. The number of carbonyl (C=O) groups excluding carboxylic acids is 2. The zero-order valence-corrected chi connectivity index (χ0v) is 21.2. The minimum Gasteiger partial charge on any atom is -0.354 e. The van der Waals surface area contributed by atoms with Crippen LogP contribution in [0.15, 0.2) is 54.6 Å². The molecule has 0 radical (unpaired) electrons. The molecule has 0 aliphatic rings. The van der Waals surface area contributed by atoms with Crippen molar-refractivity contribution >= 4 is 33.2 Å². The Balaban J connectivity index is 2.43. The molecule has 0 saturated heterocycles. The highest BCUT2D eigenvalue weighted by molar-refractivity contribution is 7.92. The Morgan fingerprint density at radius 3 is 2.29 bits per heavy atom. The maximum Gasteiger partial charge on any atom is 0.271 e. The Bertz CT molecular complexity index is 1140. The lowest BCUT2D eigenvalue weighted by atomic mass is 10.1. The Morgan fingerprint density at radius 2 is 1.74 bits per heavy atom. The average molecular weight is 505 g/mol. The zero-order valence-electron chi connectivity index (χ0n) is 20.4. The van der Waals surface area contributed by atoms with Gasteiger partial charge in [-0.2, -0.15) is 0 Å². The van der Waals surface area contributed by atoms with E-state index in [1.807, 2.05) is 44.2 Å². The molecular formula is C24H32N4O6S. The molecule has 11 heteroatoms. The van der Waals surface area contributed by atoms with Gasteiger partial charge in [-0.25, -0.2) is 8.42 Å². The van der Waals surface area contributed by atoms with Crippen molar-refractivity contribution in [3.05, 3.63) is 70.3 Å². The third kappa shape index (κ3) is 8.06. The van der Waals surface area contributed by atoms with E-state index in [2.05, 4.69) is 5.32 Å². The molecule has 0 saturated carbocycles. The number of hydrogen-bond acceptors (Lipinski definition) is 6. The maximum absolute atomic E-state index is 13.5. The molecule has 0 heterocycles. The number of nitro benzene ring substituents is 1. The Labute approximate surface area is 206 Å². The molecule has 2 rings (SSSR count). The average Bonchev–Trinajstić information content (AvgIpc) is 2.80. The van der Waals surface area contributed by atoms with E-state index in [0.717, 1.165) is 22.2 Å². The van der Waals surface area contributed by atoms with Gasteiger partial charge in [0.05, 0.1) is 16.9 Å². The molecule has 0 unspecified atom stereocenters. The fourth-order valence-electron chi connectivity index (χ4n) is 3.50. The molecule has 0 aliphatic carbocycles. The Hall–Kier alpha value is -3.47. The van der Waals surface area contributed by atoms with E-state index in [1.165, 1.54) is 23.1 Å². The van der Waals surface area contributed by atoms with Crippen molar-refractivity contribution < 1.29 is 22.9 Å². The first-order valence-electron chi connectivity index (χ1n) is 11.3. The molecule has 10 nitrogen and oxygen atoms in total. The highest BCUT2D eigenvalue weighted by Gasteiger charge is 2.32. The molecule has 2 aromatic rings. The summed E-state index contributed by atoms with van der Waals surface area (Å²) in [7, 11) is -3.97. The van der Waals surface area contributed by atoms with Gasteiger partial charge < -0.3 is 10.2 Å². The van der Waals surface area contributed by atoms with Gasteiger partial charge in [0.1, 0.15) is 12.6 Å². The van der Waals surface area contributed by atoms with Gasteiger partial charge in [-0.05, 0) is 24.0 Å². The van der Waals surface area contributed by atoms with Crippen molar-refractivity contribution in [2.75, 3.05) is 23.7 Å². The molecule has 35 heavy (non-hydrogen) atoms. The number of benzene rings is 2. The number of nitrogens with one attached hydrogen (secondary N) is 1. The molecule has 1 atom stereocenters. The second-order valence-electron chi connectivity index (χ2n) is 8.62. The number of anilines is 1. The molecule has 0 spiro atoms. The van der Waals surface area contributed by atoms with Crippen LogP contribution in [-0.2, 0) is 26.2 Å². The minimum atomic E-state index is -3.97. The topological polar surface area (TPSA) is 130 Å². The fourth-order valence-corrected chi connectivity index (χ4v) is 4.34. The summed E-state index contributed by atoms with van der Waals surface area (Å²) in [6, 6.07) is 13.3. The standard InChI is InChI=1S/C24H32N4O6S/c1-5-22(24(30)25-15-18(2)3)26(16-19-10-7-6-8-11-19)23(29)17-27(35(4,33)34)20-12-9-13-21(14-20)28(31)32/h6-14,18,22H,5,15-17H2,1-4H3,(H,25,30)/t22-/m0/s1. The second kappa shape index (κ2) is 12.3. The summed E-state index contributed by atoms with van der Waals surface area (Å²) in [6.07, 6.45) is 1.24. The van der Waals surface area contributed by atoms with E-state index in [0.29, 0.717) is 13.0 Å². The van der Waals surface area contributed by atoms with E-state index in [9.17, 15) is 28.1 Å². The molecule has 0 aromatic heterocycles. The molecule has 0 aliphatic heterocycles. The Kier molecular flexibility index (Phi) is 9.76. The quantitative estimate of drug-likeness (QED) is 0.349. The van der Waals surface area contributed by atoms with Crippen molar-refractivity contribution in [3.8, 4) is 0 Å². The summed E-state index contributed by atoms with van der Waals surface area (Å²) in [4.78, 5) is 38.4. The molecule has 2 aromatic carbocycles. The monoisotopic (exact) mass is 504 g/mol. The molecule has 1 N–H and O–H groups in total. The van der Waals surface area contributed by atoms with E-state index in [4.69, 9.17) is 0 Å². The predicted molar refractivity (Wildman–Crippen MR) is 134 cm³/mol. The van der Waals surface area contributed by atoms with Gasteiger partial charge in [-0.3, -0.25) is 24.0 Å². The third-order valence-corrected chi connectivity index (χ3v) is 6.41. The summed E-state index contributed by atoms with van der Waals surface area (Å²) >= 11 is 0. The number of nitro groups is 1. The van der Waals surface area contributed by atoms with Crippen molar-refractivity contribution in [2.45, 2.75) is 39.8 Å².